The van der Waals surface area contributed by atoms with E-state index in [4.69, 9.17) is 0 Å². The number of phenolic OH excluding ortho intramolecular Hbond substituents is 9. The largest absolute Gasteiger partial charge is 0.504 e. The van der Waals surface area contributed by atoms with Gasteiger partial charge in [-0.2, -0.15) is 0 Å². The summed E-state index contributed by atoms with van der Waals surface area (Å²) in [6, 6.07) is 5.88. The molecule has 0 aliphatic carbocycles. The number of hydrogen-bond acceptors (Lipinski definition) is 12. The molecule has 0 saturated heterocycles. The van der Waals surface area contributed by atoms with Crippen LogP contribution in [0.4, 0.5) is 0 Å². The number of amides is 3. The number of benzene rings is 3. The molecule has 0 fully saturated rings. The molecule has 0 spiro atoms. The molecular weight excluding hydrogens is 570 g/mol. The van der Waals surface area contributed by atoms with E-state index in [-0.39, 0.29) is 49.3 Å². The Morgan fingerprint density at radius 1 is 0.488 bits per heavy atom. The Morgan fingerprint density at radius 2 is 0.814 bits per heavy atom. The third-order valence-corrected chi connectivity index (χ3v) is 6.30. The van der Waals surface area contributed by atoms with Gasteiger partial charge in [0, 0.05) is 42.9 Å². The van der Waals surface area contributed by atoms with Gasteiger partial charge in [0.1, 0.15) is 0 Å². The minimum atomic E-state index is -0.789. The van der Waals surface area contributed by atoms with E-state index in [1.54, 1.807) is 0 Å². The van der Waals surface area contributed by atoms with Gasteiger partial charge < -0.3 is 61.5 Å². The maximum atomic E-state index is 13.2. The van der Waals surface area contributed by atoms with Crippen LogP contribution in [0.2, 0.25) is 0 Å². The lowest BCUT2D eigenvalue weighted by molar-refractivity contribution is 0.0748. The summed E-state index contributed by atoms with van der Waals surface area (Å²) in [5, 5.41) is 91.6. The third-order valence-electron chi connectivity index (χ3n) is 6.30. The van der Waals surface area contributed by atoms with Gasteiger partial charge in [-0.15, -0.1) is 0 Å². The van der Waals surface area contributed by atoms with Crippen LogP contribution in [-0.2, 0) is 0 Å². The summed E-state index contributed by atoms with van der Waals surface area (Å²) in [5.74, 6) is -8.31. The highest BCUT2D eigenvalue weighted by Gasteiger charge is 2.20. The van der Waals surface area contributed by atoms with Crippen molar-refractivity contribution in [1.82, 2.24) is 15.5 Å². The zero-order valence-electron chi connectivity index (χ0n) is 22.6. The van der Waals surface area contributed by atoms with E-state index in [1.165, 1.54) is 4.90 Å². The smallest absolute Gasteiger partial charge is 0.254 e. The van der Waals surface area contributed by atoms with Crippen LogP contribution >= 0.6 is 0 Å². The second-order valence-electron chi connectivity index (χ2n) is 9.45. The van der Waals surface area contributed by atoms with Crippen molar-refractivity contribution in [3.05, 3.63) is 53.1 Å². The van der Waals surface area contributed by atoms with Crippen molar-refractivity contribution in [3.8, 4) is 51.7 Å². The van der Waals surface area contributed by atoms with Gasteiger partial charge in [-0.1, -0.05) is 0 Å². The van der Waals surface area contributed by atoms with Gasteiger partial charge in [-0.25, -0.2) is 0 Å². The van der Waals surface area contributed by atoms with Crippen LogP contribution in [0, 0.1) is 0 Å². The highest BCUT2D eigenvalue weighted by molar-refractivity contribution is 5.96. The van der Waals surface area contributed by atoms with Gasteiger partial charge in [0.2, 0.25) is 0 Å². The second kappa shape index (κ2) is 13.8. The molecule has 15 heteroatoms. The highest BCUT2D eigenvalue weighted by Crippen LogP contribution is 2.37. The van der Waals surface area contributed by atoms with E-state index in [2.05, 4.69) is 10.6 Å². The predicted octanol–water partition coefficient (Wildman–Crippen LogP) is 1.51. The molecule has 0 aliphatic rings. The Morgan fingerprint density at radius 3 is 1.21 bits per heavy atom. The molecule has 0 aliphatic heterocycles. The summed E-state index contributed by atoms with van der Waals surface area (Å²) in [4.78, 5) is 39.2. The van der Waals surface area contributed by atoms with Crippen molar-refractivity contribution in [3.63, 3.8) is 0 Å². The summed E-state index contributed by atoms with van der Waals surface area (Å²) in [5.41, 5.74) is -0.320. The molecule has 0 aromatic heterocycles. The van der Waals surface area contributed by atoms with Crippen molar-refractivity contribution in [2.75, 3.05) is 26.2 Å². The minimum absolute atomic E-state index is 0.0550. The molecule has 0 radical (unpaired) electrons. The fourth-order valence-electron chi connectivity index (χ4n) is 4.00. The lowest BCUT2D eigenvalue weighted by Crippen LogP contribution is -2.35. The number of carbonyl (C=O) groups is 3. The minimum Gasteiger partial charge on any atom is -0.504 e. The standard InChI is InChI=1S/C28H31N3O12/c32-17-8-14(9-18(33)23(17)38)26(41)29-4-1-2-6-31(28(43)16-12-21(36)25(40)22(37)13-16)7-3-5-30-27(42)15-10-19(34)24(39)20(35)11-15/h8-13,32-40H,1-7H2,(H,29,41)(H,30,42). The average molecular weight is 602 g/mol. The number of hydrogen-bond donors (Lipinski definition) is 11. The van der Waals surface area contributed by atoms with E-state index >= 15 is 0 Å². The number of aromatic hydroxyl groups is 9. The molecule has 15 nitrogen and oxygen atoms in total. The zero-order valence-corrected chi connectivity index (χ0v) is 22.6. The molecule has 0 saturated carbocycles. The van der Waals surface area contributed by atoms with E-state index in [0.717, 1.165) is 36.4 Å². The number of nitrogens with one attached hydrogen (secondary N) is 2. The molecular formula is C28H31N3O12. The van der Waals surface area contributed by atoms with Gasteiger partial charge in [-0.3, -0.25) is 14.4 Å². The summed E-state index contributed by atoms with van der Waals surface area (Å²) in [6.07, 6.45) is 0.975. The quantitative estimate of drug-likeness (QED) is 0.104. The summed E-state index contributed by atoms with van der Waals surface area (Å²) in [7, 11) is 0. The molecule has 3 amide bonds. The van der Waals surface area contributed by atoms with Crippen LogP contribution in [0.1, 0.15) is 50.3 Å². The van der Waals surface area contributed by atoms with Gasteiger partial charge in [0.05, 0.1) is 0 Å². The Labute approximate surface area is 244 Å². The summed E-state index contributed by atoms with van der Waals surface area (Å²) >= 11 is 0. The van der Waals surface area contributed by atoms with Crippen LogP contribution in [0.3, 0.4) is 0 Å². The predicted molar refractivity (Wildman–Crippen MR) is 149 cm³/mol. The number of rotatable bonds is 12. The van der Waals surface area contributed by atoms with Crippen molar-refractivity contribution < 1.29 is 60.3 Å². The van der Waals surface area contributed by atoms with Crippen molar-refractivity contribution >= 4 is 17.7 Å². The van der Waals surface area contributed by atoms with Crippen LogP contribution < -0.4 is 10.6 Å². The zero-order chi connectivity index (χ0) is 31.8. The summed E-state index contributed by atoms with van der Waals surface area (Å²) in [6.45, 7) is 0.434. The molecule has 230 valence electrons. The average Bonchev–Trinajstić information content (AvgIpc) is 2.96. The van der Waals surface area contributed by atoms with Crippen LogP contribution in [-0.4, -0.2) is 94.8 Å². The maximum absolute atomic E-state index is 13.2. The first-order valence-electron chi connectivity index (χ1n) is 12.9. The molecule has 43 heavy (non-hydrogen) atoms. The van der Waals surface area contributed by atoms with E-state index < -0.39 is 69.5 Å². The van der Waals surface area contributed by atoms with Crippen LogP contribution in [0.5, 0.6) is 51.7 Å². The molecule has 0 atom stereocenters. The molecule has 0 unspecified atom stereocenters. The van der Waals surface area contributed by atoms with Gasteiger partial charge in [-0.05, 0) is 55.7 Å². The first kappa shape index (κ1) is 31.8. The SMILES string of the molecule is O=C(NCCCCN(CCCNC(=O)c1cc(O)c(O)c(O)c1)C(=O)c1cc(O)c(O)c(O)c1)c1cc(O)c(O)c(O)c1. The first-order valence-corrected chi connectivity index (χ1v) is 12.9. The van der Waals surface area contributed by atoms with Gasteiger partial charge in [0.15, 0.2) is 51.7 Å². The Hall–Kier alpha value is -5.73. The van der Waals surface area contributed by atoms with Crippen LogP contribution in [0.15, 0.2) is 36.4 Å². The lowest BCUT2D eigenvalue weighted by Gasteiger charge is -2.23. The fourth-order valence-corrected chi connectivity index (χ4v) is 4.00. The van der Waals surface area contributed by atoms with Gasteiger partial charge >= 0.3 is 0 Å². The van der Waals surface area contributed by atoms with Crippen LogP contribution in [0.25, 0.3) is 0 Å². The van der Waals surface area contributed by atoms with Crippen molar-refractivity contribution in [2.24, 2.45) is 0 Å². The summed E-state index contributed by atoms with van der Waals surface area (Å²) < 4.78 is 0. The van der Waals surface area contributed by atoms with Crippen molar-refractivity contribution in [2.45, 2.75) is 19.3 Å². The maximum Gasteiger partial charge on any atom is 0.254 e. The monoisotopic (exact) mass is 601 g/mol. The molecule has 3 rings (SSSR count). The number of nitrogens with zero attached hydrogens (tertiary/aromatic N) is 1. The Bertz CT molecular complexity index is 1460. The molecule has 3 aromatic rings. The van der Waals surface area contributed by atoms with Crippen molar-refractivity contribution in [1.29, 1.82) is 0 Å². The van der Waals surface area contributed by atoms with E-state index in [1.807, 2.05) is 0 Å². The lowest BCUT2D eigenvalue weighted by atomic mass is 10.1. The van der Waals surface area contributed by atoms with E-state index in [0.29, 0.717) is 12.8 Å². The number of carbonyl (C=O) groups excluding carboxylic acids is 3. The Balaban J connectivity index is 1.59. The normalized spacial score (nSPS) is 10.7. The first-order chi connectivity index (χ1) is 20.3. The fraction of sp³-hybridized carbons (Fsp3) is 0.250. The third kappa shape index (κ3) is 7.93. The molecule has 11 N–H and O–H groups in total. The topological polar surface area (TPSA) is 261 Å². The molecule has 0 bridgehead atoms. The Kier molecular flexibility index (Phi) is 10.2. The second-order valence-corrected chi connectivity index (χ2v) is 9.45. The highest BCUT2D eigenvalue weighted by atomic mass is 16.3. The number of phenols is 9. The molecule has 3 aromatic carbocycles. The number of unbranched alkanes of at least 4 members (excludes halogenated alkanes) is 1. The molecule has 0 heterocycles. The van der Waals surface area contributed by atoms with E-state index in [9.17, 15) is 60.3 Å². The van der Waals surface area contributed by atoms with Gasteiger partial charge in [0.25, 0.3) is 17.7 Å².